The molecule has 0 unspecified atom stereocenters. The van der Waals surface area contributed by atoms with Crippen molar-refractivity contribution < 1.29 is 832 Å². The van der Waals surface area contributed by atoms with Gasteiger partial charge in [0.15, 0.2) is 6.19 Å². The van der Waals surface area contributed by atoms with Gasteiger partial charge in [-0.05, 0) is 0 Å². The van der Waals surface area contributed by atoms with Gasteiger partial charge >= 0.3 is 0 Å². The summed E-state index contributed by atoms with van der Waals surface area (Å²) in [4.78, 5) is 31.8. The van der Waals surface area contributed by atoms with Gasteiger partial charge in [-0.3, -0.25) is 25.9 Å². The summed E-state index contributed by atoms with van der Waals surface area (Å²) in [5.41, 5.74) is 12.0. The molecule has 55 heavy (non-hydrogen) atoms. The van der Waals surface area contributed by atoms with Gasteiger partial charge in [-0.25, -0.2) is 0 Å². The fraction of sp³-hybridized carbons (Fsp3) is 0. The summed E-state index contributed by atoms with van der Waals surface area (Å²) in [6, 6.07) is -2.09. The summed E-state index contributed by atoms with van der Waals surface area (Å²) in [6.45, 7) is 0. The minimum Gasteiger partial charge on any atom is -0.602 e. The molecule has 0 saturated heterocycles. The molecule has 0 aromatic rings. The summed E-state index contributed by atoms with van der Waals surface area (Å²) >= 11 is 0. The second-order valence-electron chi connectivity index (χ2n) is 2.61. The van der Waals surface area contributed by atoms with Crippen LogP contribution in [-0.4, -0.2) is 24.1 Å². The van der Waals surface area contributed by atoms with Gasteiger partial charge in [0.05, 0.1) is 0 Å². The molecule has 13 nitrogen and oxygen atoms in total. The number of guanidine groups is 1. The molecule has 0 heterocycles. The normalized spacial score (nSPS) is 3.38. The third kappa shape index (κ3) is 296. The monoisotopic (exact) mass is 2650 g/mol. The van der Waals surface area contributed by atoms with Crippen molar-refractivity contribution in [2.75, 3.05) is 0 Å². The molecule has 0 bridgehead atoms. The standard InChI is InChI=1S/C4H6N4.C3H6N2O.2C2H5N2O.6CH3.25Y/c1-6-4(7-2)8-3-5;1-4-3(6)5-2;2*1-4-2(3)5;;;;;;;;;;;;;;;;;;;;;;;;;;;;;;;/h1-2H2,(H2,6,7,8);1-2H2,(H2,4,5,6);2*1H2,(H3,3,4,5);6*1H3;;;;;;;;;;;;;;;;;;;;;;;;;/q2*-2;8*-1;;;;;;;;;;;;;;;;;;;;;;;;;/p-2. The first kappa shape index (κ1) is 248. The zero-order chi connectivity index (χ0) is 20.0. The molecule has 0 fully saturated rings. The number of hydrogen-bond donors (Lipinski definition) is 6. The zero-order valence-corrected chi connectivity index (χ0v) is 104. The summed E-state index contributed by atoms with van der Waals surface area (Å²) in [5, 5.41) is 20.2. The fourth-order valence-corrected chi connectivity index (χ4v) is 0.255. The number of carbonyl (C=O) groups excluding carboxylic acids is 3. The molecule has 0 aromatic heterocycles. The Morgan fingerprint density at radius 1 is 0.400 bits per heavy atom. The quantitative estimate of drug-likeness (QED) is 0.0706. The van der Waals surface area contributed by atoms with Crippen LogP contribution in [0.4, 0.5) is 14.4 Å². The van der Waals surface area contributed by atoms with Crippen molar-refractivity contribution in [1.82, 2.24) is 31.9 Å². The first-order valence-electron chi connectivity index (χ1n) is 5.39. The first-order valence-corrected chi connectivity index (χ1v) is 5.39. The number of hydrogen-bond acceptors (Lipinski definition) is 5. The van der Waals surface area contributed by atoms with Crippen molar-refractivity contribution in [2.24, 2.45) is 4.99 Å². The van der Waals surface area contributed by atoms with Gasteiger partial charge < -0.3 is 117 Å². The average molecular weight is 2650 g/mol. The van der Waals surface area contributed by atoms with Gasteiger partial charge in [-0.15, -0.1) is 0 Å². The topological polar surface area (TPSA) is 207 Å². The molecule has 0 rings (SSSR count). The molecule has 25 radical (unpaired) electrons. The van der Waals surface area contributed by atoms with E-state index in [1.807, 2.05) is 0 Å². The maximum Gasteiger partial charge on any atom is 0.255 e. The van der Waals surface area contributed by atoms with Crippen molar-refractivity contribution in [1.29, 1.82) is 5.26 Å². The maximum absolute atomic E-state index is 9.83. The van der Waals surface area contributed by atoms with E-state index in [4.69, 9.17) is 16.7 Å². The Labute approximate surface area is 970 Å². The van der Waals surface area contributed by atoms with Gasteiger partial charge in [0.2, 0.25) is 0 Å². The molecule has 0 atom stereocenters. The number of carbonyl (C=O) groups is 3. The SMILES string of the molecule is [CH2-]N=C(N[CH2-])NC#N.[CH2-]NC(=O)N[CH2-].[CH2-]NC([NH-])=O.[CH2-]NC([NH-])=O.[CH3-].[CH3-].[CH3-].[CH3-].[CH3-].[CH3-].[Y].[Y].[Y].[Y].[Y].[Y].[Y].[Y].[Y].[Y].[Y].[Y].[Y].[Y].[Y].[Y].[Y].[Y].[Y].[Y].[Y].[Y].[Y].[Y].[Y]. The Kier molecular flexibility index (Phi) is 1080. The third-order valence-corrected chi connectivity index (χ3v) is 1.14. The number of nitriles is 1. The Balaban J connectivity index is -0.00000000249. The molecular formula is C17H38N10O3Y25-14. The van der Waals surface area contributed by atoms with Gasteiger partial charge in [0.25, 0.3) is 6.03 Å². The molecule has 263 valence electrons. The minimum atomic E-state index is -0.856. The summed E-state index contributed by atoms with van der Waals surface area (Å²) in [7, 11) is 18.3. The van der Waals surface area contributed by atoms with Crippen LogP contribution in [0.15, 0.2) is 4.99 Å². The summed E-state index contributed by atoms with van der Waals surface area (Å²) in [6.07, 6.45) is 1.65. The van der Waals surface area contributed by atoms with Gasteiger partial charge in [-0.2, -0.15) is 12.3 Å². The van der Waals surface area contributed by atoms with Crippen molar-refractivity contribution in [2.45, 2.75) is 0 Å². The summed E-state index contributed by atoms with van der Waals surface area (Å²) < 4.78 is 0. The summed E-state index contributed by atoms with van der Waals surface area (Å²) in [5.74, 6) is 0.257. The van der Waals surface area contributed by atoms with Gasteiger partial charge in [-0.1, -0.05) is 0 Å². The van der Waals surface area contributed by atoms with Crippen molar-refractivity contribution in [3.8, 4) is 6.19 Å². The molecule has 6 amide bonds. The van der Waals surface area contributed by atoms with Crippen molar-refractivity contribution >= 4 is 24.1 Å². The molecular weight excluding hydrogens is 2610 g/mol. The number of rotatable bonds is 0. The van der Waals surface area contributed by atoms with Gasteiger partial charge in [0.1, 0.15) is 12.1 Å². The Morgan fingerprint density at radius 2 is 0.545 bits per heavy atom. The van der Waals surface area contributed by atoms with Crippen molar-refractivity contribution in [3.63, 3.8) is 0 Å². The minimum absolute atomic E-state index is 0. The largest absolute Gasteiger partial charge is 0.602 e. The number of nitrogens with one attached hydrogen (secondary N) is 8. The molecule has 8 N–H and O–H groups in total. The number of urea groups is 3. The second-order valence-corrected chi connectivity index (χ2v) is 2.61. The molecule has 0 saturated carbocycles. The van der Waals surface area contributed by atoms with Crippen LogP contribution in [0.2, 0.25) is 0 Å². The van der Waals surface area contributed by atoms with E-state index >= 15 is 0 Å². The van der Waals surface area contributed by atoms with Crippen LogP contribution in [0.3, 0.4) is 0 Å². The predicted octanol–water partition coefficient (Wildman–Crippen LogP) is 3.17. The van der Waals surface area contributed by atoms with Crippen LogP contribution in [0.5, 0.6) is 0 Å². The van der Waals surface area contributed by atoms with Gasteiger partial charge in [0, 0.05) is 824 Å². The molecule has 38 heteroatoms. The Bertz CT molecular complexity index is 446. The third-order valence-electron chi connectivity index (χ3n) is 1.14. The molecule has 0 aliphatic heterocycles. The van der Waals surface area contributed by atoms with E-state index in [9.17, 15) is 14.4 Å². The average Bonchev–Trinajstić information content (AvgIpc) is 2.60. The fourth-order valence-electron chi connectivity index (χ4n) is 0.255. The van der Waals surface area contributed by atoms with Crippen LogP contribution >= 0.6 is 0 Å². The van der Waals surface area contributed by atoms with E-state index in [-0.39, 0.29) is 874 Å². The molecule has 0 spiro atoms. The van der Waals surface area contributed by atoms with Crippen LogP contribution in [-0.2, 0) is 818 Å². The van der Waals surface area contributed by atoms with Crippen LogP contribution in [0.25, 0.3) is 11.5 Å². The van der Waals surface area contributed by atoms with E-state index in [1.165, 1.54) is 0 Å². The first-order chi connectivity index (χ1) is 11.2. The Morgan fingerprint density at radius 3 is 0.564 bits per heavy atom. The van der Waals surface area contributed by atoms with E-state index in [2.05, 4.69) is 68.5 Å². The van der Waals surface area contributed by atoms with E-state index in [0.29, 0.717) is 0 Å². The molecule has 0 aliphatic carbocycles. The number of aliphatic imine (C=N–C) groups is 1. The van der Waals surface area contributed by atoms with Crippen LogP contribution in [0.1, 0.15) is 0 Å². The van der Waals surface area contributed by atoms with Crippen LogP contribution in [0, 0.1) is 98.3 Å². The molecule has 0 aliphatic rings. The smallest absolute Gasteiger partial charge is 0.255 e. The number of amides is 6. The van der Waals surface area contributed by atoms with Crippen molar-refractivity contribution in [3.05, 3.63) is 98.3 Å². The van der Waals surface area contributed by atoms with E-state index in [1.54, 1.807) is 16.8 Å². The Hall–Kier alpha value is 24.0. The van der Waals surface area contributed by atoms with E-state index in [0.717, 1.165) is 0 Å². The van der Waals surface area contributed by atoms with Crippen LogP contribution < -0.4 is 31.9 Å². The zero-order valence-electron chi connectivity index (χ0n) is 33.3. The number of nitrogens with zero attached hydrogens (tertiary/aromatic N) is 2. The predicted molar refractivity (Wildman–Crippen MR) is 127 cm³/mol. The molecule has 0 aromatic carbocycles. The maximum atomic E-state index is 9.83. The second kappa shape index (κ2) is 239. The van der Waals surface area contributed by atoms with E-state index < -0.39 is 12.1 Å².